The van der Waals surface area contributed by atoms with E-state index in [0.29, 0.717) is 17.4 Å². The van der Waals surface area contributed by atoms with Gasteiger partial charge in [-0.15, -0.1) is 0 Å². The van der Waals surface area contributed by atoms with Crippen LogP contribution in [0.2, 0.25) is 0 Å². The molecule has 27 heavy (non-hydrogen) atoms. The van der Waals surface area contributed by atoms with E-state index >= 15 is 0 Å². The predicted octanol–water partition coefficient (Wildman–Crippen LogP) is 3.87. The van der Waals surface area contributed by atoms with Crippen LogP contribution in [0.4, 0.5) is 4.39 Å². The third kappa shape index (κ3) is 3.81. The van der Waals surface area contributed by atoms with Crippen molar-refractivity contribution in [3.63, 3.8) is 0 Å². The van der Waals surface area contributed by atoms with Crippen molar-refractivity contribution in [2.45, 2.75) is 45.8 Å². The monoisotopic (exact) mass is 368 g/mol. The lowest BCUT2D eigenvalue weighted by Gasteiger charge is -2.12. The van der Waals surface area contributed by atoms with Gasteiger partial charge in [0, 0.05) is 43.5 Å². The van der Waals surface area contributed by atoms with E-state index < -0.39 is 6.10 Å². The summed E-state index contributed by atoms with van der Waals surface area (Å²) in [6, 6.07) is 4.49. The van der Waals surface area contributed by atoms with Gasteiger partial charge >= 0.3 is 0 Å². The molecule has 0 spiro atoms. The number of aryl methyl sites for hydroxylation is 1. The zero-order valence-corrected chi connectivity index (χ0v) is 16.0. The molecule has 2 aromatic heterocycles. The van der Waals surface area contributed by atoms with Gasteiger partial charge in [0.25, 0.3) is 0 Å². The average Bonchev–Trinajstić information content (AvgIpc) is 3.00. The predicted molar refractivity (Wildman–Crippen MR) is 102 cm³/mol. The Bertz CT molecular complexity index is 968. The maximum absolute atomic E-state index is 13.7. The molecule has 1 saturated carbocycles. The van der Waals surface area contributed by atoms with Crippen LogP contribution >= 0.6 is 0 Å². The topological polar surface area (TPSA) is 55.9 Å². The van der Waals surface area contributed by atoms with E-state index in [2.05, 4.69) is 23.3 Å². The Morgan fingerprint density at radius 1 is 1.30 bits per heavy atom. The van der Waals surface area contributed by atoms with Crippen molar-refractivity contribution >= 4 is 0 Å². The van der Waals surface area contributed by atoms with Crippen molar-refractivity contribution in [1.29, 1.82) is 0 Å². The van der Waals surface area contributed by atoms with E-state index in [4.69, 9.17) is 0 Å². The van der Waals surface area contributed by atoms with Gasteiger partial charge in [-0.2, -0.15) is 10.2 Å². The molecule has 0 radical (unpaired) electrons. The van der Waals surface area contributed by atoms with Crippen LogP contribution in [-0.4, -0.2) is 24.7 Å². The fourth-order valence-corrected chi connectivity index (χ4v) is 3.56. The van der Waals surface area contributed by atoms with Crippen LogP contribution in [0.5, 0.6) is 0 Å². The molecule has 0 unspecified atom stereocenters. The van der Waals surface area contributed by atoms with Crippen LogP contribution in [0.1, 0.15) is 49.5 Å². The second-order valence-corrected chi connectivity index (χ2v) is 8.12. The second-order valence-electron chi connectivity index (χ2n) is 8.12. The Morgan fingerprint density at radius 3 is 2.78 bits per heavy atom. The Balaban J connectivity index is 1.64. The summed E-state index contributed by atoms with van der Waals surface area (Å²) < 4.78 is 17.5. The van der Waals surface area contributed by atoms with Crippen LogP contribution in [0.3, 0.4) is 0 Å². The van der Waals surface area contributed by atoms with Crippen LogP contribution in [0, 0.1) is 11.2 Å². The minimum absolute atomic E-state index is 0.359. The SMILES string of the molecule is C[C@@H](O)c1cc(F)ccc1-c1nn(C)cc1Cc1cnn(CC2(C)CC2)c1. The minimum atomic E-state index is -0.771. The van der Waals surface area contributed by atoms with Gasteiger partial charge in [0.1, 0.15) is 5.82 Å². The zero-order chi connectivity index (χ0) is 19.2. The molecule has 5 nitrogen and oxygen atoms in total. The average molecular weight is 368 g/mol. The van der Waals surface area contributed by atoms with Crippen LogP contribution in [-0.2, 0) is 20.0 Å². The molecular formula is C21H25FN4O. The van der Waals surface area contributed by atoms with Gasteiger partial charge in [0.05, 0.1) is 18.0 Å². The molecule has 1 aromatic carbocycles. The molecule has 1 N–H and O–H groups in total. The lowest BCUT2D eigenvalue weighted by Crippen LogP contribution is -2.07. The van der Waals surface area contributed by atoms with Crippen molar-refractivity contribution in [2.75, 3.05) is 0 Å². The lowest BCUT2D eigenvalue weighted by atomic mass is 9.96. The summed E-state index contributed by atoms with van der Waals surface area (Å²) in [7, 11) is 1.87. The summed E-state index contributed by atoms with van der Waals surface area (Å²) in [6.45, 7) is 4.89. The Morgan fingerprint density at radius 2 is 2.07 bits per heavy atom. The first kappa shape index (κ1) is 17.9. The number of hydrogen-bond donors (Lipinski definition) is 1. The highest BCUT2D eigenvalue weighted by Gasteiger charge is 2.37. The molecule has 1 aliphatic rings. The van der Waals surface area contributed by atoms with Crippen molar-refractivity contribution in [3.05, 3.63) is 59.3 Å². The molecule has 6 heteroatoms. The molecule has 142 valence electrons. The molecule has 1 aliphatic carbocycles. The van der Waals surface area contributed by atoms with Crippen molar-refractivity contribution < 1.29 is 9.50 Å². The van der Waals surface area contributed by atoms with Gasteiger partial charge < -0.3 is 5.11 Å². The van der Waals surface area contributed by atoms with Crippen LogP contribution in [0.25, 0.3) is 11.3 Å². The number of nitrogens with zero attached hydrogens (tertiary/aromatic N) is 4. The maximum Gasteiger partial charge on any atom is 0.123 e. The summed E-state index contributed by atoms with van der Waals surface area (Å²) in [4.78, 5) is 0. The minimum Gasteiger partial charge on any atom is -0.389 e. The molecule has 1 atom stereocenters. The quantitative estimate of drug-likeness (QED) is 0.719. The fourth-order valence-electron chi connectivity index (χ4n) is 3.56. The lowest BCUT2D eigenvalue weighted by molar-refractivity contribution is 0.199. The summed E-state index contributed by atoms with van der Waals surface area (Å²) in [5.74, 6) is -0.359. The van der Waals surface area contributed by atoms with Crippen LogP contribution < -0.4 is 0 Å². The van der Waals surface area contributed by atoms with Gasteiger partial charge in [-0.3, -0.25) is 9.36 Å². The van der Waals surface area contributed by atoms with E-state index in [-0.39, 0.29) is 5.82 Å². The largest absolute Gasteiger partial charge is 0.389 e. The third-order valence-corrected chi connectivity index (χ3v) is 5.35. The number of benzene rings is 1. The first-order valence-corrected chi connectivity index (χ1v) is 9.35. The van der Waals surface area contributed by atoms with Gasteiger partial charge in [0.15, 0.2) is 0 Å². The van der Waals surface area contributed by atoms with E-state index in [1.165, 1.54) is 25.0 Å². The summed E-state index contributed by atoms with van der Waals surface area (Å²) in [6.07, 6.45) is 8.43. The first-order valence-electron chi connectivity index (χ1n) is 9.35. The number of rotatable bonds is 6. The third-order valence-electron chi connectivity index (χ3n) is 5.35. The molecule has 1 fully saturated rings. The summed E-state index contributed by atoms with van der Waals surface area (Å²) >= 11 is 0. The van der Waals surface area contributed by atoms with Gasteiger partial charge in [-0.1, -0.05) is 6.92 Å². The van der Waals surface area contributed by atoms with Crippen molar-refractivity contribution in [3.8, 4) is 11.3 Å². The maximum atomic E-state index is 13.7. The molecule has 2 heterocycles. The van der Waals surface area contributed by atoms with Crippen molar-refractivity contribution in [2.24, 2.45) is 12.5 Å². The molecule has 0 aliphatic heterocycles. The smallest absolute Gasteiger partial charge is 0.123 e. The normalized spacial score (nSPS) is 16.5. The highest BCUT2D eigenvalue weighted by atomic mass is 19.1. The molecule has 0 amide bonds. The zero-order valence-electron chi connectivity index (χ0n) is 16.0. The molecule has 0 saturated heterocycles. The van der Waals surface area contributed by atoms with Crippen LogP contribution in [0.15, 0.2) is 36.8 Å². The Hall–Kier alpha value is -2.47. The van der Waals surface area contributed by atoms with E-state index in [1.807, 2.05) is 24.1 Å². The number of hydrogen-bond acceptors (Lipinski definition) is 3. The number of aliphatic hydroxyl groups excluding tert-OH is 1. The highest BCUT2D eigenvalue weighted by Crippen LogP contribution is 2.46. The standard InChI is InChI=1S/C21H25FN4O/c1-14(27)19-9-17(22)4-5-18(19)20-16(12-25(3)24-20)8-15-10-23-26(11-15)13-21(2)6-7-21/h4-5,9-12,14,27H,6-8,13H2,1-3H3/t14-/m1/s1. The highest BCUT2D eigenvalue weighted by molar-refractivity contribution is 5.67. The van der Waals surface area contributed by atoms with Gasteiger partial charge in [-0.25, -0.2) is 4.39 Å². The van der Waals surface area contributed by atoms with E-state index in [9.17, 15) is 9.50 Å². The number of aliphatic hydroxyl groups is 1. The fraction of sp³-hybridized carbons (Fsp3) is 0.429. The second kappa shape index (κ2) is 6.60. The summed E-state index contributed by atoms with van der Waals surface area (Å²) in [5.41, 5.74) is 4.64. The number of halogens is 1. The molecular weight excluding hydrogens is 343 g/mol. The summed E-state index contributed by atoms with van der Waals surface area (Å²) in [5, 5.41) is 19.2. The molecule has 4 rings (SSSR count). The molecule has 0 bridgehead atoms. The Kier molecular flexibility index (Phi) is 4.38. The van der Waals surface area contributed by atoms with Gasteiger partial charge in [-0.05, 0) is 54.5 Å². The van der Waals surface area contributed by atoms with Gasteiger partial charge in [0.2, 0.25) is 0 Å². The van der Waals surface area contributed by atoms with E-state index in [1.54, 1.807) is 17.7 Å². The number of aromatic nitrogens is 4. The van der Waals surface area contributed by atoms with Crippen molar-refractivity contribution in [1.82, 2.24) is 19.6 Å². The van der Waals surface area contributed by atoms with E-state index in [0.717, 1.165) is 28.9 Å². The molecule has 3 aromatic rings. The first-order chi connectivity index (χ1) is 12.8. The Labute approximate surface area is 158 Å².